The van der Waals surface area contributed by atoms with Crippen LogP contribution in [0.1, 0.15) is 58.2 Å². The molecule has 1 saturated heterocycles. The van der Waals surface area contributed by atoms with Crippen molar-refractivity contribution in [2.75, 3.05) is 6.54 Å². The van der Waals surface area contributed by atoms with Crippen LogP contribution in [0.3, 0.4) is 0 Å². The fourth-order valence-corrected chi connectivity index (χ4v) is 3.33. The number of aromatic nitrogens is 3. The van der Waals surface area contributed by atoms with Crippen LogP contribution in [0, 0.1) is 0 Å². The SMILES string of the molecule is O=C(O)c1cn(CC2CCCN2C(=O)c2occc2C2CC2)nn1. The molecule has 126 valence electrons. The third-order valence-electron chi connectivity index (χ3n) is 4.70. The molecular weight excluding hydrogens is 312 g/mol. The maximum Gasteiger partial charge on any atom is 0.358 e. The Morgan fingerprint density at radius 1 is 1.33 bits per heavy atom. The minimum absolute atomic E-state index is 0.0296. The second-order valence-corrected chi connectivity index (χ2v) is 6.40. The lowest BCUT2D eigenvalue weighted by molar-refractivity contribution is 0.0677. The molecule has 0 spiro atoms. The summed E-state index contributed by atoms with van der Waals surface area (Å²) in [5.74, 6) is -0.278. The Kier molecular flexibility index (Phi) is 3.59. The van der Waals surface area contributed by atoms with E-state index in [1.54, 1.807) is 6.26 Å². The van der Waals surface area contributed by atoms with E-state index in [9.17, 15) is 9.59 Å². The number of hydrogen-bond donors (Lipinski definition) is 1. The first-order valence-corrected chi connectivity index (χ1v) is 8.15. The van der Waals surface area contributed by atoms with Gasteiger partial charge in [-0.15, -0.1) is 5.10 Å². The third-order valence-corrected chi connectivity index (χ3v) is 4.70. The van der Waals surface area contributed by atoms with E-state index in [2.05, 4.69) is 10.3 Å². The van der Waals surface area contributed by atoms with Gasteiger partial charge in [0, 0.05) is 12.1 Å². The highest BCUT2D eigenvalue weighted by atomic mass is 16.4. The highest BCUT2D eigenvalue weighted by Crippen LogP contribution is 2.42. The maximum absolute atomic E-state index is 12.9. The summed E-state index contributed by atoms with van der Waals surface area (Å²) in [6.45, 7) is 1.11. The Balaban J connectivity index is 1.50. The highest BCUT2D eigenvalue weighted by Gasteiger charge is 2.36. The van der Waals surface area contributed by atoms with E-state index >= 15 is 0 Å². The molecule has 3 heterocycles. The molecule has 1 N–H and O–H groups in total. The van der Waals surface area contributed by atoms with Crippen molar-refractivity contribution in [2.24, 2.45) is 0 Å². The molecule has 1 unspecified atom stereocenters. The first-order chi connectivity index (χ1) is 11.6. The van der Waals surface area contributed by atoms with Crippen LogP contribution in [0.5, 0.6) is 0 Å². The van der Waals surface area contributed by atoms with Gasteiger partial charge >= 0.3 is 5.97 Å². The molecular formula is C16H18N4O4. The predicted octanol–water partition coefficient (Wildman–Crippen LogP) is 1.75. The molecule has 1 aliphatic carbocycles. The zero-order valence-corrected chi connectivity index (χ0v) is 13.1. The van der Waals surface area contributed by atoms with Crippen LogP contribution in [0.25, 0.3) is 0 Å². The number of aromatic carboxylic acids is 1. The topological polar surface area (TPSA) is 101 Å². The first-order valence-electron chi connectivity index (χ1n) is 8.15. The van der Waals surface area contributed by atoms with E-state index in [0.29, 0.717) is 24.8 Å². The van der Waals surface area contributed by atoms with Gasteiger partial charge in [0.15, 0.2) is 11.5 Å². The van der Waals surface area contributed by atoms with E-state index in [1.807, 2.05) is 11.0 Å². The summed E-state index contributed by atoms with van der Waals surface area (Å²) in [6, 6.07) is 1.87. The van der Waals surface area contributed by atoms with E-state index < -0.39 is 5.97 Å². The van der Waals surface area contributed by atoms with Crippen LogP contribution in [0.4, 0.5) is 0 Å². The fraction of sp³-hybridized carbons (Fsp3) is 0.500. The molecule has 24 heavy (non-hydrogen) atoms. The summed E-state index contributed by atoms with van der Waals surface area (Å²) in [5.41, 5.74) is 0.924. The zero-order valence-electron chi connectivity index (χ0n) is 13.1. The highest BCUT2D eigenvalue weighted by molar-refractivity contribution is 5.93. The minimum Gasteiger partial charge on any atom is -0.476 e. The van der Waals surface area contributed by atoms with Gasteiger partial charge in [-0.25, -0.2) is 9.48 Å². The van der Waals surface area contributed by atoms with Gasteiger partial charge in [0.1, 0.15) is 0 Å². The van der Waals surface area contributed by atoms with Crippen molar-refractivity contribution in [3.8, 4) is 0 Å². The standard InChI is InChI=1S/C16H18N4O4/c21-15(14-12(5-7-24-14)10-3-4-10)20-6-1-2-11(20)8-19-9-13(16(22)23)17-18-19/h5,7,9-11H,1-4,6,8H2,(H,22,23). The fourth-order valence-electron chi connectivity index (χ4n) is 3.33. The molecule has 2 aromatic heterocycles. The normalized spacial score (nSPS) is 20.5. The van der Waals surface area contributed by atoms with Crippen LogP contribution in [-0.4, -0.2) is 49.5 Å². The van der Waals surface area contributed by atoms with E-state index in [1.165, 1.54) is 10.9 Å². The third kappa shape index (κ3) is 2.68. The molecule has 0 radical (unpaired) electrons. The smallest absolute Gasteiger partial charge is 0.358 e. The lowest BCUT2D eigenvalue weighted by Gasteiger charge is -2.24. The number of likely N-dealkylation sites (tertiary alicyclic amines) is 1. The number of carbonyl (C=O) groups excluding carboxylic acids is 1. The van der Waals surface area contributed by atoms with Gasteiger partial charge in [-0.3, -0.25) is 4.79 Å². The van der Waals surface area contributed by atoms with Gasteiger partial charge in [-0.05, 0) is 37.7 Å². The minimum atomic E-state index is -1.11. The lowest BCUT2D eigenvalue weighted by atomic mass is 10.1. The van der Waals surface area contributed by atoms with Crippen molar-refractivity contribution in [3.05, 3.63) is 35.5 Å². The van der Waals surface area contributed by atoms with Gasteiger partial charge in [0.2, 0.25) is 0 Å². The largest absolute Gasteiger partial charge is 0.476 e. The Bertz CT molecular complexity index is 777. The molecule has 2 aromatic rings. The van der Waals surface area contributed by atoms with Crippen molar-refractivity contribution in [3.63, 3.8) is 0 Å². The number of carboxylic acids is 1. The van der Waals surface area contributed by atoms with Crippen molar-refractivity contribution in [1.29, 1.82) is 0 Å². The molecule has 8 nitrogen and oxygen atoms in total. The average molecular weight is 330 g/mol. The van der Waals surface area contributed by atoms with Crippen LogP contribution in [-0.2, 0) is 6.54 Å². The predicted molar refractivity (Wildman–Crippen MR) is 81.7 cm³/mol. The quantitative estimate of drug-likeness (QED) is 0.896. The Hall–Kier alpha value is -2.64. The Morgan fingerprint density at radius 2 is 2.17 bits per heavy atom. The van der Waals surface area contributed by atoms with Gasteiger partial charge in [-0.1, -0.05) is 5.21 Å². The number of rotatable bonds is 5. The molecule has 8 heteroatoms. The van der Waals surface area contributed by atoms with E-state index in [-0.39, 0.29) is 17.6 Å². The summed E-state index contributed by atoms with van der Waals surface area (Å²) < 4.78 is 6.96. The van der Waals surface area contributed by atoms with Crippen molar-refractivity contribution >= 4 is 11.9 Å². The van der Waals surface area contributed by atoms with E-state index in [0.717, 1.165) is 31.2 Å². The van der Waals surface area contributed by atoms with Crippen LogP contribution < -0.4 is 0 Å². The summed E-state index contributed by atoms with van der Waals surface area (Å²) >= 11 is 0. The number of amides is 1. The maximum atomic E-state index is 12.9. The molecule has 1 saturated carbocycles. The molecule has 1 aliphatic heterocycles. The molecule has 2 fully saturated rings. The van der Waals surface area contributed by atoms with Crippen molar-refractivity contribution in [2.45, 2.75) is 44.2 Å². The number of hydrogen-bond acceptors (Lipinski definition) is 5. The van der Waals surface area contributed by atoms with Crippen molar-refractivity contribution < 1.29 is 19.1 Å². The second kappa shape index (κ2) is 5.77. The van der Waals surface area contributed by atoms with Crippen LogP contribution >= 0.6 is 0 Å². The number of nitrogens with zero attached hydrogens (tertiary/aromatic N) is 4. The summed E-state index contributed by atoms with van der Waals surface area (Å²) in [4.78, 5) is 25.6. The van der Waals surface area contributed by atoms with Crippen molar-refractivity contribution in [1.82, 2.24) is 19.9 Å². The zero-order chi connectivity index (χ0) is 16.7. The van der Waals surface area contributed by atoms with Gasteiger partial charge in [-0.2, -0.15) is 0 Å². The van der Waals surface area contributed by atoms with Gasteiger partial charge in [0.05, 0.1) is 25.0 Å². The van der Waals surface area contributed by atoms with E-state index in [4.69, 9.17) is 9.52 Å². The summed E-state index contributed by atoms with van der Waals surface area (Å²) in [5, 5.41) is 16.4. The number of carboxylic acid groups (broad SMARTS) is 1. The molecule has 4 rings (SSSR count). The van der Waals surface area contributed by atoms with Crippen LogP contribution in [0.15, 0.2) is 22.9 Å². The Labute approximate surface area is 138 Å². The first kappa shape index (κ1) is 14.9. The molecule has 0 bridgehead atoms. The van der Waals surface area contributed by atoms with Crippen LogP contribution in [0.2, 0.25) is 0 Å². The summed E-state index contributed by atoms with van der Waals surface area (Å²) in [7, 11) is 0. The molecule has 1 amide bonds. The summed E-state index contributed by atoms with van der Waals surface area (Å²) in [6.07, 6.45) is 6.97. The average Bonchev–Trinajstić information content (AvgIpc) is 3.00. The number of furan rings is 1. The molecule has 1 atom stereocenters. The monoisotopic (exact) mass is 330 g/mol. The molecule has 0 aromatic carbocycles. The Morgan fingerprint density at radius 3 is 2.88 bits per heavy atom. The lowest BCUT2D eigenvalue weighted by Crippen LogP contribution is -2.38. The number of carbonyl (C=O) groups is 2. The van der Waals surface area contributed by atoms with Gasteiger partial charge in [0.25, 0.3) is 5.91 Å². The second-order valence-electron chi connectivity index (χ2n) is 6.40. The van der Waals surface area contributed by atoms with Gasteiger partial charge < -0.3 is 14.4 Å². The molecule has 2 aliphatic rings.